The van der Waals surface area contributed by atoms with Gasteiger partial charge in [-0.05, 0) is 19.3 Å². The molecular weight excluding hydrogens is 194 g/mol. The standard InChI is InChI=1S/C10H17N3O2/c11-9-7-12-13(8-9)4-6-15-10-3-1-2-5-14-10/h7-8,10H,1-6,11H2. The molecule has 0 aromatic carbocycles. The Morgan fingerprint density at radius 2 is 2.53 bits per heavy atom. The van der Waals surface area contributed by atoms with Crippen molar-refractivity contribution >= 4 is 5.69 Å². The second-order valence-electron chi connectivity index (χ2n) is 3.70. The highest BCUT2D eigenvalue weighted by Crippen LogP contribution is 2.13. The third kappa shape index (κ3) is 3.21. The summed E-state index contributed by atoms with van der Waals surface area (Å²) in [6, 6.07) is 0. The molecule has 0 saturated carbocycles. The third-order valence-corrected chi connectivity index (χ3v) is 2.42. The molecule has 0 amide bonds. The van der Waals surface area contributed by atoms with Crippen LogP contribution in [0.25, 0.3) is 0 Å². The highest BCUT2D eigenvalue weighted by atomic mass is 16.7. The lowest BCUT2D eigenvalue weighted by molar-refractivity contribution is -0.163. The van der Waals surface area contributed by atoms with Gasteiger partial charge in [-0.1, -0.05) is 0 Å². The minimum absolute atomic E-state index is 0.0216. The van der Waals surface area contributed by atoms with Crippen molar-refractivity contribution in [1.82, 2.24) is 9.78 Å². The van der Waals surface area contributed by atoms with Crippen molar-refractivity contribution < 1.29 is 9.47 Å². The van der Waals surface area contributed by atoms with Crippen molar-refractivity contribution in [1.29, 1.82) is 0 Å². The molecular formula is C10H17N3O2. The number of anilines is 1. The molecule has 1 atom stereocenters. The fourth-order valence-corrected chi connectivity index (χ4v) is 1.62. The highest BCUT2D eigenvalue weighted by Gasteiger charge is 2.13. The summed E-state index contributed by atoms with van der Waals surface area (Å²) in [6.07, 6.45) is 6.75. The summed E-state index contributed by atoms with van der Waals surface area (Å²) in [4.78, 5) is 0. The smallest absolute Gasteiger partial charge is 0.157 e. The third-order valence-electron chi connectivity index (χ3n) is 2.42. The summed E-state index contributed by atoms with van der Waals surface area (Å²) >= 11 is 0. The van der Waals surface area contributed by atoms with Crippen LogP contribution >= 0.6 is 0 Å². The Labute approximate surface area is 89.2 Å². The minimum atomic E-state index is -0.0216. The van der Waals surface area contributed by atoms with Crippen LogP contribution < -0.4 is 5.73 Å². The number of nitrogens with zero attached hydrogens (tertiary/aromatic N) is 2. The molecule has 0 aliphatic carbocycles. The van der Waals surface area contributed by atoms with Crippen LogP contribution in [-0.4, -0.2) is 29.3 Å². The van der Waals surface area contributed by atoms with E-state index < -0.39 is 0 Å². The lowest BCUT2D eigenvalue weighted by Crippen LogP contribution is -2.24. The first-order valence-electron chi connectivity index (χ1n) is 5.36. The van der Waals surface area contributed by atoms with Gasteiger partial charge in [-0.3, -0.25) is 4.68 Å². The molecule has 1 unspecified atom stereocenters. The summed E-state index contributed by atoms with van der Waals surface area (Å²) < 4.78 is 12.8. The van der Waals surface area contributed by atoms with Crippen LogP contribution in [0.15, 0.2) is 12.4 Å². The van der Waals surface area contributed by atoms with E-state index in [1.165, 1.54) is 6.42 Å². The van der Waals surface area contributed by atoms with Gasteiger partial charge >= 0.3 is 0 Å². The normalized spacial score (nSPS) is 21.7. The molecule has 1 saturated heterocycles. The van der Waals surface area contributed by atoms with Crippen molar-refractivity contribution in [2.75, 3.05) is 18.9 Å². The van der Waals surface area contributed by atoms with E-state index >= 15 is 0 Å². The molecule has 2 rings (SSSR count). The fraction of sp³-hybridized carbons (Fsp3) is 0.700. The molecule has 2 heterocycles. The Morgan fingerprint density at radius 1 is 1.60 bits per heavy atom. The second-order valence-corrected chi connectivity index (χ2v) is 3.70. The second kappa shape index (κ2) is 5.14. The molecule has 1 aliphatic rings. The SMILES string of the molecule is Nc1cnn(CCOC2CCCCO2)c1. The monoisotopic (exact) mass is 211 g/mol. The Kier molecular flexibility index (Phi) is 3.58. The molecule has 0 bridgehead atoms. The van der Waals surface area contributed by atoms with Gasteiger partial charge in [-0.15, -0.1) is 0 Å². The molecule has 1 aromatic heterocycles. The number of nitrogen functional groups attached to an aromatic ring is 1. The van der Waals surface area contributed by atoms with Gasteiger partial charge in [0.1, 0.15) is 0 Å². The highest BCUT2D eigenvalue weighted by molar-refractivity contribution is 5.30. The largest absolute Gasteiger partial charge is 0.396 e. The van der Waals surface area contributed by atoms with Crippen molar-refractivity contribution in [3.05, 3.63) is 12.4 Å². The first-order chi connectivity index (χ1) is 7.34. The van der Waals surface area contributed by atoms with Crippen molar-refractivity contribution in [2.45, 2.75) is 32.1 Å². The van der Waals surface area contributed by atoms with Crippen LogP contribution in [0.1, 0.15) is 19.3 Å². The maximum absolute atomic E-state index is 5.57. The molecule has 5 nitrogen and oxygen atoms in total. The maximum Gasteiger partial charge on any atom is 0.157 e. The number of ether oxygens (including phenoxy) is 2. The van der Waals surface area contributed by atoms with Crippen LogP contribution in [0.5, 0.6) is 0 Å². The lowest BCUT2D eigenvalue weighted by Gasteiger charge is -2.22. The summed E-state index contributed by atoms with van der Waals surface area (Å²) in [5.41, 5.74) is 6.23. The Morgan fingerprint density at radius 3 is 3.20 bits per heavy atom. The molecule has 0 spiro atoms. The first kappa shape index (κ1) is 10.4. The molecule has 2 N–H and O–H groups in total. The van der Waals surface area contributed by atoms with Gasteiger partial charge in [-0.2, -0.15) is 5.10 Å². The molecule has 1 aliphatic heterocycles. The summed E-state index contributed by atoms with van der Waals surface area (Å²) in [5, 5.41) is 4.07. The zero-order valence-electron chi connectivity index (χ0n) is 8.76. The average Bonchev–Trinajstić information content (AvgIpc) is 2.66. The minimum Gasteiger partial charge on any atom is -0.396 e. The molecule has 1 fully saturated rings. The van der Waals surface area contributed by atoms with Crippen molar-refractivity contribution in [3.63, 3.8) is 0 Å². The number of hydrogen-bond acceptors (Lipinski definition) is 4. The van der Waals surface area contributed by atoms with E-state index in [0.717, 1.165) is 26.0 Å². The predicted octanol–water partition coefficient (Wildman–Crippen LogP) is 1.01. The summed E-state index contributed by atoms with van der Waals surface area (Å²) in [7, 11) is 0. The van der Waals surface area contributed by atoms with Crippen LogP contribution in [0.3, 0.4) is 0 Å². The molecule has 5 heteroatoms. The first-order valence-corrected chi connectivity index (χ1v) is 5.36. The molecule has 15 heavy (non-hydrogen) atoms. The fourth-order valence-electron chi connectivity index (χ4n) is 1.62. The van der Waals surface area contributed by atoms with Crippen LogP contribution in [0, 0.1) is 0 Å². The van der Waals surface area contributed by atoms with E-state index in [2.05, 4.69) is 5.10 Å². The quantitative estimate of drug-likeness (QED) is 0.807. The maximum atomic E-state index is 5.57. The average molecular weight is 211 g/mol. The van der Waals surface area contributed by atoms with E-state index in [-0.39, 0.29) is 6.29 Å². The van der Waals surface area contributed by atoms with Gasteiger partial charge in [0.2, 0.25) is 0 Å². The summed E-state index contributed by atoms with van der Waals surface area (Å²) in [6.45, 7) is 2.15. The van der Waals surface area contributed by atoms with Gasteiger partial charge in [-0.25, -0.2) is 0 Å². The molecule has 84 valence electrons. The van der Waals surface area contributed by atoms with E-state index in [9.17, 15) is 0 Å². The zero-order valence-corrected chi connectivity index (χ0v) is 8.76. The number of nitrogens with two attached hydrogens (primary N) is 1. The van der Waals surface area contributed by atoms with Crippen molar-refractivity contribution in [3.8, 4) is 0 Å². The van der Waals surface area contributed by atoms with E-state index in [4.69, 9.17) is 15.2 Å². The summed E-state index contributed by atoms with van der Waals surface area (Å²) in [5.74, 6) is 0. The Balaban J connectivity index is 1.65. The predicted molar refractivity (Wildman–Crippen MR) is 56.2 cm³/mol. The Hall–Kier alpha value is -1.07. The number of hydrogen-bond donors (Lipinski definition) is 1. The van der Waals surface area contributed by atoms with Crippen LogP contribution in [-0.2, 0) is 16.0 Å². The number of rotatable bonds is 4. The molecule has 0 radical (unpaired) electrons. The van der Waals surface area contributed by atoms with E-state index in [1.807, 2.05) is 0 Å². The zero-order chi connectivity index (χ0) is 10.5. The van der Waals surface area contributed by atoms with Gasteiger partial charge in [0.25, 0.3) is 0 Å². The Bertz CT molecular complexity index is 295. The van der Waals surface area contributed by atoms with Gasteiger partial charge in [0, 0.05) is 12.8 Å². The van der Waals surface area contributed by atoms with E-state index in [0.29, 0.717) is 12.3 Å². The van der Waals surface area contributed by atoms with Crippen LogP contribution in [0.4, 0.5) is 5.69 Å². The van der Waals surface area contributed by atoms with E-state index in [1.54, 1.807) is 17.1 Å². The van der Waals surface area contributed by atoms with Gasteiger partial charge in [0.15, 0.2) is 6.29 Å². The van der Waals surface area contributed by atoms with Crippen molar-refractivity contribution in [2.24, 2.45) is 0 Å². The molecule has 1 aromatic rings. The van der Waals surface area contributed by atoms with Crippen LogP contribution in [0.2, 0.25) is 0 Å². The lowest BCUT2D eigenvalue weighted by atomic mass is 10.2. The van der Waals surface area contributed by atoms with Gasteiger partial charge in [0.05, 0.1) is 25.0 Å². The van der Waals surface area contributed by atoms with Gasteiger partial charge < -0.3 is 15.2 Å². The number of aromatic nitrogens is 2. The topological polar surface area (TPSA) is 62.3 Å².